The third kappa shape index (κ3) is 3.00. The van der Waals surface area contributed by atoms with Crippen LogP contribution in [0.25, 0.3) is 11.1 Å². The Morgan fingerprint density at radius 1 is 1.17 bits per heavy atom. The van der Waals surface area contributed by atoms with Gasteiger partial charge in [0.2, 0.25) is 0 Å². The average Bonchev–Trinajstić information content (AvgIpc) is 2.92. The van der Waals surface area contributed by atoms with Crippen molar-refractivity contribution in [2.24, 2.45) is 0 Å². The molecule has 0 radical (unpaired) electrons. The quantitative estimate of drug-likeness (QED) is 0.602. The molecule has 0 bridgehead atoms. The second-order valence-corrected chi connectivity index (χ2v) is 6.19. The lowest BCUT2D eigenvalue weighted by atomic mass is 10.1. The van der Waals surface area contributed by atoms with Crippen LogP contribution in [0.2, 0.25) is 0 Å². The van der Waals surface area contributed by atoms with Crippen molar-refractivity contribution in [2.75, 3.05) is 5.32 Å². The molecule has 4 nitrogen and oxygen atoms in total. The van der Waals surface area contributed by atoms with Crippen LogP contribution in [-0.2, 0) is 0 Å². The number of hydrogen-bond acceptors (Lipinski definition) is 3. The van der Waals surface area contributed by atoms with Crippen LogP contribution in [0.1, 0.15) is 5.56 Å². The SMILES string of the molecule is Cc1cc(I)ccc1Nc1c(-c2co[nH]c2=O)ccc(F)c1F. The number of nitrogens with one attached hydrogen (secondary N) is 2. The number of aryl methyl sites for hydroxylation is 1. The summed E-state index contributed by atoms with van der Waals surface area (Å²) in [6.45, 7) is 1.85. The van der Waals surface area contributed by atoms with E-state index in [1.807, 2.05) is 19.1 Å². The van der Waals surface area contributed by atoms with Gasteiger partial charge in [0.15, 0.2) is 11.6 Å². The summed E-state index contributed by atoms with van der Waals surface area (Å²) >= 11 is 2.16. The van der Waals surface area contributed by atoms with Crippen molar-refractivity contribution in [3.8, 4) is 11.1 Å². The van der Waals surface area contributed by atoms with Gasteiger partial charge in [-0.1, -0.05) is 0 Å². The van der Waals surface area contributed by atoms with Crippen molar-refractivity contribution in [1.29, 1.82) is 0 Å². The molecule has 23 heavy (non-hydrogen) atoms. The van der Waals surface area contributed by atoms with Gasteiger partial charge in [0.25, 0.3) is 5.56 Å². The van der Waals surface area contributed by atoms with Gasteiger partial charge in [-0.3, -0.25) is 4.79 Å². The molecule has 0 saturated carbocycles. The fourth-order valence-corrected chi connectivity index (χ4v) is 2.88. The van der Waals surface area contributed by atoms with Gasteiger partial charge in [-0.05, 0) is 65.4 Å². The van der Waals surface area contributed by atoms with E-state index in [-0.39, 0.29) is 16.8 Å². The molecular weight excluding hydrogens is 417 g/mol. The van der Waals surface area contributed by atoms with E-state index in [0.29, 0.717) is 5.69 Å². The van der Waals surface area contributed by atoms with Crippen molar-refractivity contribution in [3.63, 3.8) is 0 Å². The molecule has 7 heteroatoms. The second-order valence-electron chi connectivity index (χ2n) is 4.95. The minimum absolute atomic E-state index is 0.110. The Balaban J connectivity index is 2.16. The summed E-state index contributed by atoms with van der Waals surface area (Å²) in [6.07, 6.45) is 1.17. The summed E-state index contributed by atoms with van der Waals surface area (Å²) in [7, 11) is 0. The molecule has 0 amide bonds. The maximum Gasteiger partial charge on any atom is 0.287 e. The molecule has 0 aliphatic rings. The summed E-state index contributed by atoms with van der Waals surface area (Å²) in [5, 5.41) is 5.02. The first-order valence-electron chi connectivity index (χ1n) is 6.65. The lowest BCUT2D eigenvalue weighted by molar-refractivity contribution is 0.414. The van der Waals surface area contributed by atoms with Crippen LogP contribution in [0.3, 0.4) is 0 Å². The Morgan fingerprint density at radius 3 is 2.61 bits per heavy atom. The van der Waals surface area contributed by atoms with E-state index in [1.54, 1.807) is 6.07 Å². The Kier molecular flexibility index (Phi) is 4.20. The van der Waals surface area contributed by atoms with E-state index in [2.05, 4.69) is 33.1 Å². The van der Waals surface area contributed by atoms with Gasteiger partial charge in [-0.25, -0.2) is 8.78 Å². The molecule has 0 aliphatic carbocycles. The fourth-order valence-electron chi connectivity index (χ4n) is 2.24. The molecule has 0 fully saturated rings. The molecule has 0 saturated heterocycles. The van der Waals surface area contributed by atoms with E-state index < -0.39 is 17.2 Å². The minimum atomic E-state index is -1.05. The largest absolute Gasteiger partial charge is 0.386 e. The van der Waals surface area contributed by atoms with E-state index in [4.69, 9.17) is 4.52 Å². The monoisotopic (exact) mass is 428 g/mol. The molecule has 3 aromatic rings. The van der Waals surface area contributed by atoms with Gasteiger partial charge in [0.05, 0.1) is 11.3 Å². The van der Waals surface area contributed by atoms with Gasteiger partial charge in [0, 0.05) is 14.8 Å². The summed E-state index contributed by atoms with van der Waals surface area (Å²) < 4.78 is 33.7. The van der Waals surface area contributed by atoms with Crippen LogP contribution in [-0.4, -0.2) is 5.16 Å². The highest BCUT2D eigenvalue weighted by molar-refractivity contribution is 14.1. The van der Waals surface area contributed by atoms with Crippen LogP contribution in [0.4, 0.5) is 20.2 Å². The number of halogens is 3. The highest BCUT2D eigenvalue weighted by Gasteiger charge is 2.18. The molecule has 0 atom stereocenters. The maximum absolute atomic E-state index is 14.3. The van der Waals surface area contributed by atoms with Gasteiger partial charge >= 0.3 is 0 Å². The van der Waals surface area contributed by atoms with Crippen molar-refractivity contribution in [2.45, 2.75) is 6.92 Å². The summed E-state index contributed by atoms with van der Waals surface area (Å²) in [4.78, 5) is 11.7. The molecule has 0 spiro atoms. The molecular formula is C16H11F2IN2O2. The average molecular weight is 428 g/mol. The number of H-pyrrole nitrogens is 1. The number of hydrogen-bond donors (Lipinski definition) is 2. The lowest BCUT2D eigenvalue weighted by Crippen LogP contribution is -2.06. The Hall–Kier alpha value is -2.16. The van der Waals surface area contributed by atoms with Gasteiger partial charge in [-0.15, -0.1) is 0 Å². The molecule has 0 unspecified atom stereocenters. The van der Waals surface area contributed by atoms with E-state index in [0.717, 1.165) is 15.2 Å². The van der Waals surface area contributed by atoms with Crippen LogP contribution >= 0.6 is 22.6 Å². The lowest BCUT2D eigenvalue weighted by Gasteiger charge is -2.14. The highest BCUT2D eigenvalue weighted by atomic mass is 127. The second kappa shape index (κ2) is 6.15. The summed E-state index contributed by atoms with van der Waals surface area (Å²) in [6, 6.07) is 7.83. The van der Waals surface area contributed by atoms with Gasteiger partial charge in [-0.2, -0.15) is 5.16 Å². The fraction of sp³-hybridized carbons (Fsp3) is 0.0625. The molecule has 0 aliphatic heterocycles. The van der Waals surface area contributed by atoms with E-state index in [1.165, 1.54) is 12.3 Å². The third-order valence-electron chi connectivity index (χ3n) is 3.41. The van der Waals surface area contributed by atoms with Crippen molar-refractivity contribution >= 4 is 34.0 Å². The number of benzene rings is 2. The molecule has 1 heterocycles. The molecule has 1 aromatic heterocycles. The zero-order chi connectivity index (χ0) is 16.6. The van der Waals surface area contributed by atoms with E-state index in [9.17, 15) is 13.6 Å². The van der Waals surface area contributed by atoms with Crippen LogP contribution in [0.5, 0.6) is 0 Å². The van der Waals surface area contributed by atoms with Gasteiger partial charge in [0.1, 0.15) is 6.26 Å². The van der Waals surface area contributed by atoms with Crippen LogP contribution in [0, 0.1) is 22.1 Å². The number of rotatable bonds is 3. The van der Waals surface area contributed by atoms with Crippen molar-refractivity contribution in [3.05, 3.63) is 67.7 Å². The topological polar surface area (TPSA) is 58.0 Å². The molecule has 3 rings (SSSR count). The first kappa shape index (κ1) is 15.7. The predicted octanol–water partition coefficient (Wildman–Crippen LogP) is 4.57. The van der Waals surface area contributed by atoms with Crippen LogP contribution < -0.4 is 10.9 Å². The van der Waals surface area contributed by atoms with Crippen molar-refractivity contribution < 1.29 is 13.3 Å². The summed E-state index contributed by atoms with van der Waals surface area (Å²) in [5.74, 6) is -2.06. The van der Waals surface area contributed by atoms with Crippen molar-refractivity contribution in [1.82, 2.24) is 5.16 Å². The smallest absolute Gasteiger partial charge is 0.287 e. The normalized spacial score (nSPS) is 10.8. The zero-order valence-electron chi connectivity index (χ0n) is 11.9. The first-order valence-corrected chi connectivity index (χ1v) is 7.73. The summed E-state index contributed by atoms with van der Waals surface area (Å²) in [5.41, 5.74) is 1.20. The first-order chi connectivity index (χ1) is 11.0. The standard InChI is InChI=1S/C16H11F2IN2O2/c1-8-6-9(19)2-5-13(8)20-15-10(3-4-12(17)14(15)18)11-7-23-21-16(11)22/h2-7,20H,1H3,(H,21,22). The van der Waals surface area contributed by atoms with E-state index >= 15 is 0 Å². The Bertz CT molecular complexity index is 934. The molecule has 2 aromatic carbocycles. The Labute approximate surface area is 143 Å². The number of anilines is 2. The zero-order valence-corrected chi connectivity index (χ0v) is 14.1. The highest BCUT2D eigenvalue weighted by Crippen LogP contribution is 2.33. The third-order valence-corrected chi connectivity index (χ3v) is 4.08. The molecule has 2 N–H and O–H groups in total. The predicted molar refractivity (Wildman–Crippen MR) is 91.9 cm³/mol. The number of aromatic amines is 1. The molecule has 118 valence electrons. The number of aromatic nitrogens is 1. The maximum atomic E-state index is 14.3. The minimum Gasteiger partial charge on any atom is -0.386 e. The van der Waals surface area contributed by atoms with Crippen LogP contribution in [0.15, 0.2) is 45.9 Å². The van der Waals surface area contributed by atoms with Gasteiger partial charge < -0.3 is 9.84 Å². The Morgan fingerprint density at radius 2 is 1.96 bits per heavy atom.